The van der Waals surface area contributed by atoms with E-state index in [0.29, 0.717) is 20.9 Å². The van der Waals surface area contributed by atoms with Gasteiger partial charge in [-0.3, -0.25) is 14.2 Å². The predicted octanol–water partition coefficient (Wildman–Crippen LogP) is 3.62. The molecule has 3 aromatic rings. The van der Waals surface area contributed by atoms with Crippen molar-refractivity contribution in [1.29, 1.82) is 0 Å². The van der Waals surface area contributed by atoms with Crippen LogP contribution < -0.4 is 10.9 Å². The molecule has 3 rings (SSSR count). The number of hydrogen-bond acceptors (Lipinski definition) is 4. The zero-order chi connectivity index (χ0) is 17.3. The molecule has 0 bridgehead atoms. The molecule has 0 atom stereocenters. The van der Waals surface area contributed by atoms with Gasteiger partial charge in [0.1, 0.15) is 11.4 Å². The van der Waals surface area contributed by atoms with Crippen LogP contribution >= 0.6 is 22.9 Å². The van der Waals surface area contributed by atoms with Crippen molar-refractivity contribution in [3.8, 4) is 0 Å². The van der Waals surface area contributed by atoms with Crippen LogP contribution in [0.4, 0.5) is 5.69 Å². The Hall–Kier alpha value is -2.18. The van der Waals surface area contributed by atoms with Crippen molar-refractivity contribution in [2.45, 2.75) is 26.8 Å². The van der Waals surface area contributed by atoms with Gasteiger partial charge in [0, 0.05) is 15.6 Å². The minimum atomic E-state index is -0.302. The summed E-state index contributed by atoms with van der Waals surface area (Å²) in [6, 6.07) is 7.14. The number of nitrogens with one attached hydrogen (secondary N) is 1. The Bertz CT molecular complexity index is 978. The predicted molar refractivity (Wildman–Crippen MR) is 98.1 cm³/mol. The zero-order valence-corrected chi connectivity index (χ0v) is 14.9. The topological polar surface area (TPSA) is 64.0 Å². The van der Waals surface area contributed by atoms with Crippen molar-refractivity contribution >= 4 is 44.7 Å². The first kappa shape index (κ1) is 16.7. The highest BCUT2D eigenvalue weighted by molar-refractivity contribution is 7.18. The number of fused-ring (bicyclic) bond motifs is 1. The molecule has 0 radical (unpaired) electrons. The van der Waals surface area contributed by atoms with Crippen LogP contribution in [0.15, 0.2) is 35.4 Å². The summed E-state index contributed by atoms with van der Waals surface area (Å²) in [7, 11) is 0. The monoisotopic (exact) mass is 361 g/mol. The van der Waals surface area contributed by atoms with Crippen LogP contribution in [-0.2, 0) is 17.8 Å². The first-order valence-electron chi connectivity index (χ1n) is 7.51. The molecule has 2 heterocycles. The molecule has 24 heavy (non-hydrogen) atoms. The molecule has 5 nitrogen and oxygen atoms in total. The lowest BCUT2D eigenvalue weighted by atomic mass is 10.2. The number of halogens is 1. The maximum absolute atomic E-state index is 12.5. The smallest absolute Gasteiger partial charge is 0.262 e. The molecule has 0 aliphatic rings. The first-order chi connectivity index (χ1) is 11.5. The fourth-order valence-corrected chi connectivity index (χ4v) is 3.43. The Kier molecular flexibility index (Phi) is 4.69. The molecule has 0 aliphatic carbocycles. The van der Waals surface area contributed by atoms with Gasteiger partial charge < -0.3 is 5.32 Å². The van der Waals surface area contributed by atoms with Gasteiger partial charge in [-0.2, -0.15) is 0 Å². The number of hydrogen-bond donors (Lipinski definition) is 1. The van der Waals surface area contributed by atoms with E-state index in [0.717, 1.165) is 16.9 Å². The number of thiophene rings is 1. The van der Waals surface area contributed by atoms with Gasteiger partial charge in [-0.25, -0.2) is 4.98 Å². The average molecular weight is 362 g/mol. The molecule has 0 aliphatic heterocycles. The lowest BCUT2D eigenvalue weighted by Gasteiger charge is -2.08. The van der Waals surface area contributed by atoms with Gasteiger partial charge in [0.05, 0.1) is 11.7 Å². The van der Waals surface area contributed by atoms with E-state index >= 15 is 0 Å². The Morgan fingerprint density at radius 3 is 2.88 bits per heavy atom. The van der Waals surface area contributed by atoms with E-state index in [1.807, 2.05) is 26.0 Å². The molecule has 0 fully saturated rings. The van der Waals surface area contributed by atoms with Gasteiger partial charge >= 0.3 is 0 Å². The van der Waals surface area contributed by atoms with Gasteiger partial charge in [-0.05, 0) is 37.1 Å². The molecule has 0 saturated carbocycles. The zero-order valence-electron chi connectivity index (χ0n) is 13.3. The van der Waals surface area contributed by atoms with Gasteiger partial charge in [0.15, 0.2) is 0 Å². The van der Waals surface area contributed by atoms with Crippen LogP contribution in [0.2, 0.25) is 5.02 Å². The second-order valence-corrected chi connectivity index (χ2v) is 7.00. The van der Waals surface area contributed by atoms with Gasteiger partial charge in [-0.15, -0.1) is 11.3 Å². The van der Waals surface area contributed by atoms with Crippen LogP contribution in [0.25, 0.3) is 10.2 Å². The van der Waals surface area contributed by atoms with Crippen molar-refractivity contribution in [1.82, 2.24) is 9.55 Å². The van der Waals surface area contributed by atoms with Crippen LogP contribution in [0.3, 0.4) is 0 Å². The van der Waals surface area contributed by atoms with Crippen LogP contribution in [0.5, 0.6) is 0 Å². The van der Waals surface area contributed by atoms with Crippen molar-refractivity contribution in [2.75, 3.05) is 5.32 Å². The maximum atomic E-state index is 12.5. The van der Waals surface area contributed by atoms with E-state index in [9.17, 15) is 9.59 Å². The molecule has 1 aromatic carbocycles. The second kappa shape index (κ2) is 6.75. The summed E-state index contributed by atoms with van der Waals surface area (Å²) >= 11 is 7.55. The largest absolute Gasteiger partial charge is 0.324 e. The molecule has 2 aromatic heterocycles. The molecule has 7 heteroatoms. The number of aryl methyl sites for hydroxylation is 2. The number of benzene rings is 1. The third-order valence-electron chi connectivity index (χ3n) is 3.69. The summed E-state index contributed by atoms with van der Waals surface area (Å²) in [6.45, 7) is 3.83. The van der Waals surface area contributed by atoms with Gasteiger partial charge in [0.25, 0.3) is 5.56 Å². The van der Waals surface area contributed by atoms with Crippen molar-refractivity contribution in [3.05, 3.63) is 56.4 Å². The molecule has 1 amide bonds. The van der Waals surface area contributed by atoms with Crippen molar-refractivity contribution < 1.29 is 4.79 Å². The number of carbonyl (C=O) groups excluding carboxylic acids is 1. The minimum Gasteiger partial charge on any atom is -0.324 e. The molecule has 1 N–H and O–H groups in total. The second-order valence-electron chi connectivity index (χ2n) is 5.47. The fourth-order valence-electron chi connectivity index (χ4n) is 2.32. The van der Waals surface area contributed by atoms with E-state index in [1.165, 1.54) is 22.2 Å². The quantitative estimate of drug-likeness (QED) is 0.771. The Labute approximate surface area is 147 Å². The minimum absolute atomic E-state index is 0.0927. The fraction of sp³-hybridized carbons (Fsp3) is 0.235. The van der Waals surface area contributed by atoms with E-state index in [1.54, 1.807) is 12.1 Å². The standard InChI is InChI=1S/C17H16ClN3O2S/c1-3-12-7-13-16(24-12)19-9-21(17(13)23)8-15(22)20-11-5-4-10(2)14(18)6-11/h4-7,9H,3,8H2,1-2H3,(H,20,22). The number of carbonyl (C=O) groups is 1. The van der Waals surface area contributed by atoms with Crippen molar-refractivity contribution in [2.24, 2.45) is 0 Å². The number of nitrogens with zero attached hydrogens (tertiary/aromatic N) is 2. The molecular formula is C17H16ClN3O2S. The Morgan fingerprint density at radius 1 is 1.38 bits per heavy atom. The SMILES string of the molecule is CCc1cc2c(=O)n(CC(=O)Nc3ccc(C)c(Cl)c3)cnc2s1. The summed E-state index contributed by atoms with van der Waals surface area (Å²) < 4.78 is 1.32. The maximum Gasteiger partial charge on any atom is 0.262 e. The third-order valence-corrected chi connectivity index (χ3v) is 5.28. The molecule has 0 spiro atoms. The van der Waals surface area contributed by atoms with Crippen LogP contribution in [0, 0.1) is 6.92 Å². The van der Waals surface area contributed by atoms with E-state index in [4.69, 9.17) is 11.6 Å². The highest BCUT2D eigenvalue weighted by atomic mass is 35.5. The average Bonchev–Trinajstić information content (AvgIpc) is 2.98. The van der Waals surface area contributed by atoms with Gasteiger partial charge in [-0.1, -0.05) is 24.6 Å². The van der Waals surface area contributed by atoms with Crippen LogP contribution in [0.1, 0.15) is 17.4 Å². The first-order valence-corrected chi connectivity index (χ1v) is 8.71. The van der Waals surface area contributed by atoms with E-state index in [2.05, 4.69) is 10.3 Å². The third kappa shape index (κ3) is 3.34. The summed E-state index contributed by atoms with van der Waals surface area (Å²) in [4.78, 5) is 30.7. The Balaban J connectivity index is 1.81. The summed E-state index contributed by atoms with van der Waals surface area (Å²) in [5.41, 5.74) is 1.33. The summed E-state index contributed by atoms with van der Waals surface area (Å²) in [5, 5.41) is 3.88. The van der Waals surface area contributed by atoms with E-state index in [-0.39, 0.29) is 18.0 Å². The lowest BCUT2D eigenvalue weighted by molar-refractivity contribution is -0.116. The molecule has 124 valence electrons. The number of amides is 1. The number of rotatable bonds is 4. The highest BCUT2D eigenvalue weighted by Gasteiger charge is 2.11. The highest BCUT2D eigenvalue weighted by Crippen LogP contribution is 2.21. The molecule has 0 saturated heterocycles. The molecule has 0 unspecified atom stereocenters. The number of anilines is 1. The van der Waals surface area contributed by atoms with Gasteiger partial charge in [0.2, 0.25) is 5.91 Å². The lowest BCUT2D eigenvalue weighted by Crippen LogP contribution is -2.27. The summed E-state index contributed by atoms with van der Waals surface area (Å²) in [5.74, 6) is -0.302. The Morgan fingerprint density at radius 2 is 2.17 bits per heavy atom. The van der Waals surface area contributed by atoms with Crippen LogP contribution in [-0.4, -0.2) is 15.5 Å². The normalized spacial score (nSPS) is 11.0. The number of aromatic nitrogens is 2. The molecular weight excluding hydrogens is 346 g/mol. The van der Waals surface area contributed by atoms with E-state index < -0.39 is 0 Å². The van der Waals surface area contributed by atoms with Crippen molar-refractivity contribution in [3.63, 3.8) is 0 Å². The summed E-state index contributed by atoms with van der Waals surface area (Å²) in [6.07, 6.45) is 2.28.